The molecule has 1 amide bonds. The number of aromatic nitrogens is 3. The monoisotopic (exact) mass is 525 g/mol. The molecule has 2 aromatic carbocycles. The molecule has 4 N–H and O–H groups in total. The Morgan fingerprint density at radius 2 is 1.77 bits per heavy atom. The smallest absolute Gasteiger partial charge is 0.412 e. The van der Waals surface area contributed by atoms with E-state index in [0.717, 1.165) is 5.69 Å². The van der Waals surface area contributed by atoms with E-state index in [1.807, 2.05) is 18.2 Å². The Hall–Kier alpha value is -5.37. The Labute approximate surface area is 225 Å². The lowest BCUT2D eigenvalue weighted by Gasteiger charge is -2.20. The quantitative estimate of drug-likeness (QED) is 0.266. The highest BCUT2D eigenvalue weighted by molar-refractivity contribution is 5.88. The van der Waals surface area contributed by atoms with Crippen molar-refractivity contribution in [2.24, 2.45) is 0 Å². The summed E-state index contributed by atoms with van der Waals surface area (Å²) in [7, 11) is 1.51. The van der Waals surface area contributed by atoms with E-state index in [2.05, 4.69) is 25.6 Å². The third-order valence-electron chi connectivity index (χ3n) is 5.08. The molecule has 0 aliphatic carbocycles. The molecule has 2 aromatic heterocycles. The SMILES string of the molecule is COc1cc(-c2cc(Nc3ccc(Oc4ccnc(C#N)c4)cc3)nc(N)n2)ccc1NC(=O)OC(C)(C)C. The summed E-state index contributed by atoms with van der Waals surface area (Å²) in [6.07, 6.45) is 0.928. The van der Waals surface area contributed by atoms with Gasteiger partial charge >= 0.3 is 6.09 Å². The van der Waals surface area contributed by atoms with E-state index in [4.69, 9.17) is 25.2 Å². The highest BCUT2D eigenvalue weighted by Gasteiger charge is 2.18. The lowest BCUT2D eigenvalue weighted by molar-refractivity contribution is 0.0635. The fourth-order valence-corrected chi connectivity index (χ4v) is 3.47. The largest absolute Gasteiger partial charge is 0.495 e. The molecule has 0 aliphatic heterocycles. The van der Waals surface area contributed by atoms with Crippen LogP contribution in [-0.4, -0.2) is 33.8 Å². The number of hydrogen-bond donors (Lipinski definition) is 3. The Morgan fingerprint density at radius 3 is 2.46 bits per heavy atom. The van der Waals surface area contributed by atoms with Gasteiger partial charge in [0.1, 0.15) is 40.4 Å². The number of anilines is 4. The molecule has 4 aromatic rings. The second-order valence-electron chi connectivity index (χ2n) is 9.28. The van der Waals surface area contributed by atoms with E-state index in [9.17, 15) is 4.79 Å². The number of rotatable bonds is 7. The summed E-state index contributed by atoms with van der Waals surface area (Å²) < 4.78 is 16.6. The van der Waals surface area contributed by atoms with Crippen LogP contribution in [0.3, 0.4) is 0 Å². The number of amides is 1. The van der Waals surface area contributed by atoms with Crippen molar-refractivity contribution in [3.63, 3.8) is 0 Å². The predicted molar refractivity (Wildman–Crippen MR) is 147 cm³/mol. The van der Waals surface area contributed by atoms with Crippen molar-refractivity contribution < 1.29 is 19.0 Å². The molecular weight excluding hydrogens is 498 g/mol. The summed E-state index contributed by atoms with van der Waals surface area (Å²) in [5.74, 6) is 2.09. The molecule has 0 aliphatic rings. The van der Waals surface area contributed by atoms with Gasteiger partial charge in [0.05, 0.1) is 18.5 Å². The maximum absolute atomic E-state index is 12.2. The second-order valence-corrected chi connectivity index (χ2v) is 9.28. The molecule has 0 unspecified atom stereocenters. The number of nitrogens with zero attached hydrogens (tertiary/aromatic N) is 4. The molecule has 0 bridgehead atoms. The van der Waals surface area contributed by atoms with Gasteiger partial charge in [0.2, 0.25) is 5.95 Å². The van der Waals surface area contributed by atoms with Crippen LogP contribution in [-0.2, 0) is 4.74 Å². The third-order valence-corrected chi connectivity index (χ3v) is 5.08. The van der Waals surface area contributed by atoms with Crippen molar-refractivity contribution in [3.8, 4) is 34.6 Å². The van der Waals surface area contributed by atoms with Crippen LogP contribution in [0.4, 0.5) is 27.9 Å². The van der Waals surface area contributed by atoms with Gasteiger partial charge in [0.15, 0.2) is 0 Å². The number of nitriles is 1. The highest BCUT2D eigenvalue weighted by atomic mass is 16.6. The first kappa shape index (κ1) is 26.7. The summed E-state index contributed by atoms with van der Waals surface area (Å²) in [4.78, 5) is 24.8. The fraction of sp³-hybridized carbons (Fsp3) is 0.179. The number of carbonyl (C=O) groups excluding carboxylic acids is 1. The van der Waals surface area contributed by atoms with Crippen LogP contribution in [0.25, 0.3) is 11.3 Å². The van der Waals surface area contributed by atoms with Crippen molar-refractivity contribution in [1.82, 2.24) is 15.0 Å². The molecule has 0 spiro atoms. The van der Waals surface area contributed by atoms with Crippen LogP contribution in [0.15, 0.2) is 66.9 Å². The van der Waals surface area contributed by atoms with Crippen molar-refractivity contribution in [2.75, 3.05) is 23.5 Å². The van der Waals surface area contributed by atoms with Crippen molar-refractivity contribution in [1.29, 1.82) is 5.26 Å². The molecule has 0 fully saturated rings. The van der Waals surface area contributed by atoms with Crippen molar-refractivity contribution in [2.45, 2.75) is 26.4 Å². The van der Waals surface area contributed by atoms with E-state index in [0.29, 0.717) is 40.0 Å². The summed E-state index contributed by atoms with van der Waals surface area (Å²) in [6.45, 7) is 5.36. The van der Waals surface area contributed by atoms with E-state index < -0.39 is 11.7 Å². The normalized spacial score (nSPS) is 10.7. The average Bonchev–Trinajstić information content (AvgIpc) is 2.88. The predicted octanol–water partition coefficient (Wildman–Crippen LogP) is 5.88. The number of methoxy groups -OCH3 is 1. The molecule has 2 heterocycles. The maximum Gasteiger partial charge on any atom is 0.412 e. The highest BCUT2D eigenvalue weighted by Crippen LogP contribution is 2.32. The van der Waals surface area contributed by atoms with Crippen molar-refractivity contribution in [3.05, 3.63) is 72.6 Å². The molecule has 198 valence electrons. The first-order chi connectivity index (χ1) is 18.6. The minimum atomic E-state index is -0.631. The number of nitrogens with two attached hydrogens (primary N) is 1. The average molecular weight is 526 g/mol. The van der Waals surface area contributed by atoms with E-state index in [-0.39, 0.29) is 11.6 Å². The van der Waals surface area contributed by atoms with Gasteiger partial charge in [-0.1, -0.05) is 6.07 Å². The minimum Gasteiger partial charge on any atom is -0.495 e. The van der Waals surface area contributed by atoms with Crippen molar-refractivity contribution >= 4 is 29.2 Å². The fourth-order valence-electron chi connectivity index (χ4n) is 3.47. The van der Waals surface area contributed by atoms with Gasteiger partial charge < -0.3 is 25.3 Å². The third kappa shape index (κ3) is 7.33. The Bertz CT molecular complexity index is 1530. The number of ether oxygens (including phenoxy) is 3. The number of benzene rings is 2. The lowest BCUT2D eigenvalue weighted by Crippen LogP contribution is -2.27. The minimum absolute atomic E-state index is 0.0795. The summed E-state index contributed by atoms with van der Waals surface area (Å²) >= 11 is 0. The van der Waals surface area contributed by atoms with E-state index in [1.165, 1.54) is 13.3 Å². The zero-order valence-corrected chi connectivity index (χ0v) is 21.9. The summed E-state index contributed by atoms with van der Waals surface area (Å²) in [6, 6.07) is 19.4. The van der Waals surface area contributed by atoms with Gasteiger partial charge in [0, 0.05) is 29.6 Å². The molecular formula is C28H27N7O4. The second kappa shape index (κ2) is 11.4. The van der Waals surface area contributed by atoms with Gasteiger partial charge in [-0.15, -0.1) is 0 Å². The molecule has 0 radical (unpaired) electrons. The first-order valence-corrected chi connectivity index (χ1v) is 11.9. The van der Waals surface area contributed by atoms with Crippen LogP contribution in [0.2, 0.25) is 0 Å². The van der Waals surface area contributed by atoms with Gasteiger partial charge in [-0.05, 0) is 63.2 Å². The number of hydrogen-bond acceptors (Lipinski definition) is 10. The van der Waals surface area contributed by atoms with Crippen LogP contribution >= 0.6 is 0 Å². The van der Waals surface area contributed by atoms with E-state index in [1.54, 1.807) is 69.3 Å². The number of carbonyl (C=O) groups is 1. The van der Waals surface area contributed by atoms with Crippen LogP contribution in [0.5, 0.6) is 17.2 Å². The molecule has 39 heavy (non-hydrogen) atoms. The molecule has 0 saturated carbocycles. The van der Waals surface area contributed by atoms with Gasteiger partial charge in [-0.2, -0.15) is 10.2 Å². The standard InChI is InChI=1S/C28H27N7O4/c1-28(2,3)39-27(36)34-22-10-5-17(13-24(22)37-4)23-15-25(35-26(30)33-23)32-18-6-8-20(9-7-18)38-21-11-12-31-19(14-21)16-29/h5-15H,1-4H3,(H,34,36)(H3,30,32,33,35). The molecule has 4 rings (SSSR count). The molecule has 0 atom stereocenters. The molecule has 0 saturated heterocycles. The first-order valence-electron chi connectivity index (χ1n) is 11.9. The van der Waals surface area contributed by atoms with Gasteiger partial charge in [0.25, 0.3) is 0 Å². The van der Waals surface area contributed by atoms with E-state index >= 15 is 0 Å². The van der Waals surface area contributed by atoms with Crippen LogP contribution < -0.4 is 25.8 Å². The van der Waals surface area contributed by atoms with Gasteiger partial charge in [-0.3, -0.25) is 5.32 Å². The lowest BCUT2D eigenvalue weighted by atomic mass is 10.1. The Morgan fingerprint density at radius 1 is 1.00 bits per heavy atom. The summed E-state index contributed by atoms with van der Waals surface area (Å²) in [5, 5.41) is 14.9. The number of nitrogen functional groups attached to an aromatic ring is 1. The van der Waals surface area contributed by atoms with Crippen LogP contribution in [0.1, 0.15) is 26.5 Å². The van der Waals surface area contributed by atoms with Gasteiger partial charge in [-0.25, -0.2) is 14.8 Å². The molecule has 11 heteroatoms. The number of nitrogens with one attached hydrogen (secondary N) is 2. The van der Waals surface area contributed by atoms with Crippen LogP contribution in [0, 0.1) is 11.3 Å². The molecule has 11 nitrogen and oxygen atoms in total. The summed E-state index contributed by atoms with van der Waals surface area (Å²) in [5.41, 5.74) is 8.09. The zero-order valence-electron chi connectivity index (χ0n) is 21.9. The Kier molecular flexibility index (Phi) is 7.77. The maximum atomic E-state index is 12.2. The Balaban J connectivity index is 1.49. The topological polar surface area (TPSA) is 157 Å². The zero-order chi connectivity index (χ0) is 28.0. The number of pyridine rings is 1.